The number of hydrogen-bond donors (Lipinski definition) is 0. The lowest BCUT2D eigenvalue weighted by Crippen LogP contribution is -2.33. The number of methoxy groups -OCH3 is 1. The molecule has 0 unspecified atom stereocenters. The van der Waals surface area contributed by atoms with E-state index in [0.717, 1.165) is 0 Å². The molecule has 0 saturated carbocycles. The van der Waals surface area contributed by atoms with E-state index < -0.39 is 18.2 Å². The molecule has 0 aliphatic carbocycles. The predicted octanol–water partition coefficient (Wildman–Crippen LogP) is 0.796. The van der Waals surface area contributed by atoms with Crippen LogP contribution in [0.1, 0.15) is 10.4 Å². The van der Waals surface area contributed by atoms with Crippen LogP contribution in [0.4, 0.5) is 0 Å². The molecule has 6 nitrogen and oxygen atoms in total. The molecule has 0 spiro atoms. The van der Waals surface area contributed by atoms with Crippen molar-refractivity contribution in [2.75, 3.05) is 20.4 Å². The van der Waals surface area contributed by atoms with Crippen molar-refractivity contribution in [1.29, 1.82) is 0 Å². The van der Waals surface area contributed by atoms with E-state index in [1.165, 1.54) is 13.3 Å². The third-order valence-electron chi connectivity index (χ3n) is 2.69. The van der Waals surface area contributed by atoms with Crippen LogP contribution in [-0.4, -0.2) is 49.6 Å². The van der Waals surface area contributed by atoms with Crippen molar-refractivity contribution in [3.63, 3.8) is 0 Å². The van der Waals surface area contributed by atoms with Crippen LogP contribution in [0.3, 0.4) is 0 Å². The van der Waals surface area contributed by atoms with Gasteiger partial charge in [0.15, 0.2) is 25.0 Å². The number of hydrogen-bond acceptors (Lipinski definition) is 5. The minimum atomic E-state index is -0.625. The normalized spacial score (nSPS) is 22.1. The van der Waals surface area contributed by atoms with Crippen LogP contribution < -0.4 is 0 Å². The summed E-state index contributed by atoms with van der Waals surface area (Å²) in [6.07, 6.45) is 0.132. The number of nitrogens with zero attached hydrogens (tertiary/aromatic N) is 1. The zero-order chi connectivity index (χ0) is 13.7. The summed E-state index contributed by atoms with van der Waals surface area (Å²) in [5.74, 6) is -0.472. The molecular weight excluding hydrogens is 250 g/mol. The van der Waals surface area contributed by atoms with Crippen molar-refractivity contribution >= 4 is 12.2 Å². The molecule has 0 bridgehead atoms. The minimum absolute atomic E-state index is 0.0361. The SMILES string of the molecule is COCO[C@H]1C=[N+]([O-])C[C@H]1OC(=O)c1ccccc1. The first kappa shape index (κ1) is 13.5. The summed E-state index contributed by atoms with van der Waals surface area (Å²) in [6, 6.07) is 8.61. The number of benzene rings is 1. The molecule has 6 heteroatoms. The second-order valence-electron chi connectivity index (χ2n) is 4.10. The Hall–Kier alpha value is -1.92. The molecule has 0 fully saturated rings. The highest BCUT2D eigenvalue weighted by atomic mass is 16.7. The van der Waals surface area contributed by atoms with Crippen molar-refractivity contribution in [3.05, 3.63) is 41.1 Å². The monoisotopic (exact) mass is 265 g/mol. The van der Waals surface area contributed by atoms with Crippen molar-refractivity contribution in [2.24, 2.45) is 0 Å². The summed E-state index contributed by atoms with van der Waals surface area (Å²) in [6.45, 7) is 0.0986. The van der Waals surface area contributed by atoms with E-state index in [0.29, 0.717) is 10.3 Å². The molecule has 1 aromatic carbocycles. The fourth-order valence-electron chi connectivity index (χ4n) is 1.78. The largest absolute Gasteiger partial charge is 0.624 e. The average Bonchev–Trinajstić information content (AvgIpc) is 2.77. The van der Waals surface area contributed by atoms with Gasteiger partial charge in [0.05, 0.1) is 5.56 Å². The Labute approximate surface area is 110 Å². The zero-order valence-electron chi connectivity index (χ0n) is 10.5. The van der Waals surface area contributed by atoms with Crippen molar-refractivity contribution in [3.8, 4) is 0 Å². The highest BCUT2D eigenvalue weighted by Crippen LogP contribution is 2.12. The van der Waals surface area contributed by atoms with E-state index >= 15 is 0 Å². The van der Waals surface area contributed by atoms with Gasteiger partial charge in [-0.15, -0.1) is 0 Å². The third kappa shape index (κ3) is 3.52. The van der Waals surface area contributed by atoms with Crippen LogP contribution in [0.15, 0.2) is 30.3 Å². The first-order valence-corrected chi connectivity index (χ1v) is 5.86. The number of ether oxygens (including phenoxy) is 3. The lowest BCUT2D eigenvalue weighted by Gasteiger charge is -2.16. The summed E-state index contributed by atoms with van der Waals surface area (Å²) in [5, 5.41) is 11.3. The average molecular weight is 265 g/mol. The van der Waals surface area contributed by atoms with Gasteiger partial charge in [-0.2, -0.15) is 0 Å². The summed E-state index contributed by atoms with van der Waals surface area (Å²) in [5.41, 5.74) is 0.442. The van der Waals surface area contributed by atoms with E-state index in [-0.39, 0.29) is 13.3 Å². The Morgan fingerprint density at radius 1 is 1.42 bits per heavy atom. The molecule has 102 valence electrons. The summed E-state index contributed by atoms with van der Waals surface area (Å²) < 4.78 is 16.0. The van der Waals surface area contributed by atoms with Crippen LogP contribution in [-0.2, 0) is 14.2 Å². The van der Waals surface area contributed by atoms with Gasteiger partial charge in [0, 0.05) is 7.11 Å². The smallest absolute Gasteiger partial charge is 0.338 e. The molecule has 0 saturated heterocycles. The highest BCUT2D eigenvalue weighted by Gasteiger charge is 2.36. The Morgan fingerprint density at radius 3 is 2.84 bits per heavy atom. The number of carbonyl (C=O) groups excluding carboxylic acids is 1. The standard InChI is InChI=1S/C13H15NO5/c1-17-9-18-11-7-14(16)8-12(11)19-13(15)10-5-3-2-4-6-10/h2-7,11-12H,8-9H2,1H3/t11-,12+/m0/s1. The quantitative estimate of drug-likeness (QED) is 0.341. The summed E-state index contributed by atoms with van der Waals surface area (Å²) >= 11 is 0. The Balaban J connectivity index is 1.96. The van der Waals surface area contributed by atoms with E-state index in [9.17, 15) is 10.0 Å². The van der Waals surface area contributed by atoms with Crippen LogP contribution >= 0.6 is 0 Å². The van der Waals surface area contributed by atoms with E-state index in [1.807, 2.05) is 6.07 Å². The number of esters is 1. The Morgan fingerprint density at radius 2 is 2.16 bits per heavy atom. The van der Waals surface area contributed by atoms with Gasteiger partial charge in [-0.1, -0.05) is 18.2 Å². The van der Waals surface area contributed by atoms with Gasteiger partial charge in [0.2, 0.25) is 0 Å². The Bertz CT molecular complexity index is 459. The van der Waals surface area contributed by atoms with Crippen LogP contribution in [0.2, 0.25) is 0 Å². The van der Waals surface area contributed by atoms with E-state index in [1.54, 1.807) is 24.3 Å². The second-order valence-corrected chi connectivity index (χ2v) is 4.10. The lowest BCUT2D eigenvalue weighted by molar-refractivity contribution is -0.451. The first-order valence-electron chi connectivity index (χ1n) is 5.86. The molecule has 0 radical (unpaired) electrons. The molecule has 0 aromatic heterocycles. The maximum Gasteiger partial charge on any atom is 0.338 e. The van der Waals surface area contributed by atoms with Gasteiger partial charge in [-0.25, -0.2) is 9.53 Å². The summed E-state index contributed by atoms with van der Waals surface area (Å²) in [7, 11) is 1.48. The van der Waals surface area contributed by atoms with Crippen LogP contribution in [0, 0.1) is 5.21 Å². The maximum atomic E-state index is 11.9. The fraction of sp³-hybridized carbons (Fsp3) is 0.385. The molecule has 0 amide bonds. The minimum Gasteiger partial charge on any atom is -0.624 e. The molecule has 1 aromatic rings. The molecule has 1 aliphatic rings. The fourth-order valence-corrected chi connectivity index (χ4v) is 1.78. The van der Waals surface area contributed by atoms with Crippen molar-refractivity contribution in [1.82, 2.24) is 0 Å². The molecular formula is C13H15NO5. The van der Waals surface area contributed by atoms with Gasteiger partial charge in [-0.05, 0) is 12.1 Å². The van der Waals surface area contributed by atoms with Gasteiger partial charge in [0.1, 0.15) is 6.79 Å². The number of hydroxylamine groups is 1. The number of rotatable bonds is 5. The topological polar surface area (TPSA) is 70.8 Å². The molecule has 1 heterocycles. The maximum absolute atomic E-state index is 11.9. The predicted molar refractivity (Wildman–Crippen MR) is 67.0 cm³/mol. The van der Waals surface area contributed by atoms with Gasteiger partial charge < -0.3 is 19.4 Å². The highest BCUT2D eigenvalue weighted by molar-refractivity contribution is 5.89. The van der Waals surface area contributed by atoms with Crippen LogP contribution in [0.5, 0.6) is 0 Å². The molecule has 19 heavy (non-hydrogen) atoms. The first-order chi connectivity index (χ1) is 9.20. The van der Waals surface area contributed by atoms with E-state index in [2.05, 4.69) is 0 Å². The van der Waals surface area contributed by atoms with Gasteiger partial charge in [0.25, 0.3) is 0 Å². The van der Waals surface area contributed by atoms with Crippen LogP contribution in [0.25, 0.3) is 0 Å². The van der Waals surface area contributed by atoms with E-state index in [4.69, 9.17) is 14.2 Å². The zero-order valence-corrected chi connectivity index (χ0v) is 10.5. The molecule has 2 atom stereocenters. The van der Waals surface area contributed by atoms with Gasteiger partial charge >= 0.3 is 5.97 Å². The second kappa shape index (κ2) is 6.31. The van der Waals surface area contributed by atoms with Crippen molar-refractivity contribution < 1.29 is 23.7 Å². The molecule has 2 rings (SSSR count). The third-order valence-corrected chi connectivity index (χ3v) is 2.69. The van der Waals surface area contributed by atoms with Crippen molar-refractivity contribution in [2.45, 2.75) is 12.2 Å². The Kier molecular flexibility index (Phi) is 4.48. The number of carbonyl (C=O) groups is 1. The lowest BCUT2D eigenvalue weighted by atomic mass is 10.2. The summed E-state index contributed by atoms with van der Waals surface area (Å²) in [4.78, 5) is 11.9. The molecule has 0 N–H and O–H groups in total. The molecule has 1 aliphatic heterocycles. The van der Waals surface area contributed by atoms with Gasteiger partial charge in [-0.3, -0.25) is 0 Å².